The number of carbonyl (C=O) groups excluding carboxylic acids is 2. The summed E-state index contributed by atoms with van der Waals surface area (Å²) in [6.45, 7) is 4.42. The Balaban J connectivity index is 1.73. The van der Waals surface area contributed by atoms with Crippen molar-refractivity contribution in [1.82, 2.24) is 4.90 Å². The molecule has 0 spiro atoms. The maximum atomic E-state index is 13.6. The molecule has 0 saturated heterocycles. The molecule has 2 heterocycles. The van der Waals surface area contributed by atoms with Gasteiger partial charge in [-0.3, -0.25) is 9.59 Å². The van der Waals surface area contributed by atoms with Crippen molar-refractivity contribution in [2.75, 3.05) is 20.3 Å². The Morgan fingerprint density at radius 1 is 1.23 bits per heavy atom. The van der Waals surface area contributed by atoms with Crippen molar-refractivity contribution in [3.63, 3.8) is 0 Å². The van der Waals surface area contributed by atoms with E-state index in [2.05, 4.69) is 0 Å². The fourth-order valence-corrected chi connectivity index (χ4v) is 4.36. The van der Waals surface area contributed by atoms with Gasteiger partial charge in [0, 0.05) is 29.6 Å². The van der Waals surface area contributed by atoms with Crippen LogP contribution in [-0.4, -0.2) is 48.1 Å². The Bertz CT molecular complexity index is 1300. The van der Waals surface area contributed by atoms with Crippen LogP contribution in [0.5, 0.6) is 5.75 Å². The number of halogens is 2. The second-order valence-electron chi connectivity index (χ2n) is 8.45. The summed E-state index contributed by atoms with van der Waals surface area (Å²) in [5.74, 6) is -2.23. The quantitative estimate of drug-likeness (QED) is 0.302. The van der Waals surface area contributed by atoms with Crippen LogP contribution in [0.15, 0.2) is 58.2 Å². The van der Waals surface area contributed by atoms with Crippen LogP contribution >= 0.6 is 11.6 Å². The molecule has 1 atom stereocenters. The highest BCUT2D eigenvalue weighted by Crippen LogP contribution is 2.40. The second kappa shape index (κ2) is 10.1. The van der Waals surface area contributed by atoms with E-state index in [1.54, 1.807) is 12.1 Å². The van der Waals surface area contributed by atoms with Crippen molar-refractivity contribution in [2.24, 2.45) is 0 Å². The molecule has 1 unspecified atom stereocenters. The lowest BCUT2D eigenvalue weighted by atomic mass is 9.95. The van der Waals surface area contributed by atoms with Gasteiger partial charge in [-0.2, -0.15) is 0 Å². The van der Waals surface area contributed by atoms with Gasteiger partial charge >= 0.3 is 0 Å². The third kappa shape index (κ3) is 4.90. The maximum Gasteiger partial charge on any atom is 0.290 e. The highest BCUT2D eigenvalue weighted by molar-refractivity contribution is 6.31. The van der Waals surface area contributed by atoms with Crippen molar-refractivity contribution in [3.8, 4) is 5.75 Å². The second-order valence-corrected chi connectivity index (χ2v) is 8.89. The Morgan fingerprint density at radius 2 is 1.94 bits per heavy atom. The number of furan rings is 1. The maximum absolute atomic E-state index is 13.6. The van der Waals surface area contributed by atoms with Gasteiger partial charge in [0.05, 0.1) is 24.8 Å². The molecule has 184 valence electrons. The fourth-order valence-electron chi connectivity index (χ4n) is 4.14. The number of amides is 1. The van der Waals surface area contributed by atoms with Gasteiger partial charge in [0.15, 0.2) is 22.9 Å². The molecule has 35 heavy (non-hydrogen) atoms. The molecular formula is C26H25ClFNO6. The molecule has 3 aromatic rings. The number of Topliss-reactive ketones (excluding diaryl/α,β-unsaturated/α-hetero) is 1. The van der Waals surface area contributed by atoms with E-state index in [0.29, 0.717) is 40.3 Å². The first-order valence-corrected chi connectivity index (χ1v) is 11.5. The van der Waals surface area contributed by atoms with Gasteiger partial charge in [-0.15, -0.1) is 0 Å². The molecule has 7 nitrogen and oxygen atoms in total. The van der Waals surface area contributed by atoms with E-state index in [0.717, 1.165) is 0 Å². The van der Waals surface area contributed by atoms with Crippen molar-refractivity contribution >= 4 is 34.3 Å². The van der Waals surface area contributed by atoms with Crippen LogP contribution in [0.4, 0.5) is 4.39 Å². The number of fused-ring (bicyclic) bond motifs is 1. The first-order valence-electron chi connectivity index (χ1n) is 11.1. The number of aliphatic hydroxyl groups excluding tert-OH is 1. The summed E-state index contributed by atoms with van der Waals surface area (Å²) in [5.41, 5.74) is 0.648. The average molecular weight is 502 g/mol. The third-order valence-electron chi connectivity index (χ3n) is 5.72. The Kier molecular flexibility index (Phi) is 7.14. The average Bonchev–Trinajstić information content (AvgIpc) is 3.35. The van der Waals surface area contributed by atoms with Crippen LogP contribution < -0.4 is 4.74 Å². The number of nitrogens with zero attached hydrogens (tertiary/aromatic N) is 1. The van der Waals surface area contributed by atoms with E-state index in [1.807, 2.05) is 13.8 Å². The number of methoxy groups -OCH3 is 1. The molecular weight excluding hydrogens is 477 g/mol. The molecule has 1 amide bonds. The monoisotopic (exact) mass is 501 g/mol. The number of ether oxygens (including phenoxy) is 2. The molecule has 0 fully saturated rings. The van der Waals surface area contributed by atoms with Crippen LogP contribution in [0.25, 0.3) is 11.0 Å². The lowest BCUT2D eigenvalue weighted by Gasteiger charge is -2.26. The standard InChI is InChI=1S/C26H25ClFNO6/c1-14(2)34-10-4-9-29-22(15-5-7-18(28)8-6-15)21(24(31)26(29)32)23(30)19-12-16-11-17(27)13-20(33-3)25(16)35-19/h5-8,11-14,22,31H,4,9-10H2,1-3H3. The number of ketones is 1. The van der Waals surface area contributed by atoms with E-state index >= 15 is 0 Å². The summed E-state index contributed by atoms with van der Waals surface area (Å²) >= 11 is 6.13. The summed E-state index contributed by atoms with van der Waals surface area (Å²) in [6.07, 6.45) is 0.510. The van der Waals surface area contributed by atoms with E-state index in [9.17, 15) is 19.1 Å². The number of hydrogen-bond donors (Lipinski definition) is 1. The molecule has 1 aliphatic rings. The largest absolute Gasteiger partial charge is 0.503 e. The van der Waals surface area contributed by atoms with Crippen molar-refractivity contribution in [2.45, 2.75) is 32.4 Å². The Morgan fingerprint density at radius 3 is 2.60 bits per heavy atom. The number of rotatable bonds is 9. The molecule has 9 heteroatoms. The van der Waals surface area contributed by atoms with Crippen molar-refractivity contribution in [3.05, 3.63) is 76.0 Å². The zero-order valence-electron chi connectivity index (χ0n) is 19.5. The molecule has 4 rings (SSSR count). The van der Waals surface area contributed by atoms with Crippen molar-refractivity contribution in [1.29, 1.82) is 0 Å². The smallest absolute Gasteiger partial charge is 0.290 e. The predicted molar refractivity (Wildman–Crippen MR) is 128 cm³/mol. The molecule has 2 aromatic carbocycles. The SMILES string of the molecule is COc1cc(Cl)cc2cc(C(=O)C3=C(O)C(=O)N(CCCOC(C)C)C3c3ccc(F)cc3)oc12. The lowest BCUT2D eigenvalue weighted by molar-refractivity contribution is -0.129. The molecule has 1 aromatic heterocycles. The van der Waals surface area contributed by atoms with Crippen LogP contribution in [0.3, 0.4) is 0 Å². The minimum Gasteiger partial charge on any atom is -0.503 e. The highest BCUT2D eigenvalue weighted by Gasteiger charge is 2.44. The summed E-state index contributed by atoms with van der Waals surface area (Å²) in [7, 11) is 1.45. The summed E-state index contributed by atoms with van der Waals surface area (Å²) in [6, 6.07) is 9.19. The molecule has 1 N–H and O–H groups in total. The molecule has 0 saturated carbocycles. The fraction of sp³-hybridized carbons (Fsp3) is 0.308. The van der Waals surface area contributed by atoms with Gasteiger partial charge in [-0.1, -0.05) is 23.7 Å². The van der Waals surface area contributed by atoms with Gasteiger partial charge in [0.2, 0.25) is 5.78 Å². The number of hydrogen-bond acceptors (Lipinski definition) is 6. The van der Waals surface area contributed by atoms with E-state index in [-0.39, 0.29) is 24.0 Å². The topological polar surface area (TPSA) is 89.2 Å². The molecule has 0 aliphatic carbocycles. The van der Waals surface area contributed by atoms with Crippen LogP contribution in [-0.2, 0) is 9.53 Å². The number of carbonyl (C=O) groups is 2. The highest BCUT2D eigenvalue weighted by atomic mass is 35.5. The first kappa shape index (κ1) is 24.8. The minimum absolute atomic E-state index is 0.0272. The van der Waals surface area contributed by atoms with Gasteiger partial charge < -0.3 is 23.9 Å². The van der Waals surface area contributed by atoms with Gasteiger partial charge in [0.1, 0.15) is 5.82 Å². The van der Waals surface area contributed by atoms with Crippen LogP contribution in [0.1, 0.15) is 42.4 Å². The normalized spacial score (nSPS) is 16.1. The van der Waals surface area contributed by atoms with Crippen LogP contribution in [0, 0.1) is 5.82 Å². The van der Waals surface area contributed by atoms with Crippen LogP contribution in [0.2, 0.25) is 5.02 Å². The first-order chi connectivity index (χ1) is 16.7. The summed E-state index contributed by atoms with van der Waals surface area (Å²) in [5, 5.41) is 11.7. The Labute approximate surface area is 206 Å². The van der Waals surface area contributed by atoms with E-state index in [4.69, 9.17) is 25.5 Å². The third-order valence-corrected chi connectivity index (χ3v) is 5.94. The van der Waals surface area contributed by atoms with Gasteiger partial charge in [0.25, 0.3) is 5.91 Å². The van der Waals surface area contributed by atoms with E-state index < -0.39 is 29.3 Å². The van der Waals surface area contributed by atoms with Crippen molar-refractivity contribution < 1.29 is 33.0 Å². The zero-order chi connectivity index (χ0) is 25.3. The summed E-state index contributed by atoms with van der Waals surface area (Å²) in [4.78, 5) is 28.0. The van der Waals surface area contributed by atoms with Gasteiger partial charge in [-0.05, 0) is 50.1 Å². The molecule has 1 aliphatic heterocycles. The molecule has 0 bridgehead atoms. The predicted octanol–water partition coefficient (Wildman–Crippen LogP) is 5.63. The molecule has 0 radical (unpaired) electrons. The number of benzene rings is 2. The zero-order valence-corrected chi connectivity index (χ0v) is 20.3. The lowest BCUT2D eigenvalue weighted by Crippen LogP contribution is -2.32. The summed E-state index contributed by atoms with van der Waals surface area (Å²) < 4.78 is 30.3. The van der Waals surface area contributed by atoms with Gasteiger partial charge in [-0.25, -0.2) is 4.39 Å². The van der Waals surface area contributed by atoms with E-state index in [1.165, 1.54) is 42.3 Å². The minimum atomic E-state index is -0.923. The Hall–Kier alpha value is -3.36. The number of aliphatic hydroxyl groups is 1.